The van der Waals surface area contributed by atoms with Crippen molar-refractivity contribution in [1.29, 1.82) is 0 Å². The molecule has 23 heavy (non-hydrogen) atoms. The fourth-order valence-corrected chi connectivity index (χ4v) is 2.61. The molecule has 0 fully saturated rings. The number of ether oxygens (including phenoxy) is 1. The molecule has 1 atom stereocenters. The number of halogens is 1. The SMILES string of the molecule is CN1C(=O)C(CNC(=O)c2cccc(Cl)c2)Oc2ccccc21. The lowest BCUT2D eigenvalue weighted by molar-refractivity contribution is -0.125. The Hall–Kier alpha value is -2.53. The number of anilines is 1. The molecule has 0 aromatic heterocycles. The minimum atomic E-state index is -0.752. The van der Waals surface area contributed by atoms with E-state index in [1.165, 1.54) is 4.90 Å². The summed E-state index contributed by atoms with van der Waals surface area (Å²) in [6, 6.07) is 13.9. The summed E-state index contributed by atoms with van der Waals surface area (Å²) in [6.07, 6.45) is -0.752. The maximum absolute atomic E-state index is 12.3. The molecule has 3 rings (SSSR count). The number of carbonyl (C=O) groups excluding carboxylic acids is 2. The molecule has 1 heterocycles. The molecule has 0 aliphatic carbocycles. The summed E-state index contributed by atoms with van der Waals surface area (Å²) in [4.78, 5) is 26.0. The van der Waals surface area contributed by atoms with Crippen molar-refractivity contribution in [2.45, 2.75) is 6.10 Å². The summed E-state index contributed by atoms with van der Waals surface area (Å²) in [5.41, 5.74) is 1.16. The molecular formula is C17H15ClN2O3. The van der Waals surface area contributed by atoms with Crippen LogP contribution in [-0.2, 0) is 4.79 Å². The highest BCUT2D eigenvalue weighted by molar-refractivity contribution is 6.30. The minimum Gasteiger partial charge on any atom is -0.477 e. The van der Waals surface area contributed by atoms with Crippen molar-refractivity contribution in [3.05, 3.63) is 59.1 Å². The van der Waals surface area contributed by atoms with Crippen LogP contribution in [0.4, 0.5) is 5.69 Å². The summed E-state index contributed by atoms with van der Waals surface area (Å²) >= 11 is 5.87. The fraction of sp³-hybridized carbons (Fsp3) is 0.176. The number of hydrogen-bond acceptors (Lipinski definition) is 3. The van der Waals surface area contributed by atoms with Crippen molar-refractivity contribution < 1.29 is 14.3 Å². The van der Waals surface area contributed by atoms with Gasteiger partial charge >= 0.3 is 0 Å². The number of fused-ring (bicyclic) bond motifs is 1. The highest BCUT2D eigenvalue weighted by Crippen LogP contribution is 2.32. The molecule has 1 aliphatic rings. The van der Waals surface area contributed by atoms with Crippen molar-refractivity contribution in [1.82, 2.24) is 5.32 Å². The molecule has 0 saturated carbocycles. The van der Waals surface area contributed by atoms with Crippen LogP contribution in [0.1, 0.15) is 10.4 Å². The summed E-state index contributed by atoms with van der Waals surface area (Å²) in [5, 5.41) is 3.19. The minimum absolute atomic E-state index is 0.0862. The van der Waals surface area contributed by atoms with E-state index in [1.54, 1.807) is 37.4 Å². The molecule has 5 nitrogen and oxygen atoms in total. The quantitative estimate of drug-likeness (QED) is 0.940. The lowest BCUT2D eigenvalue weighted by Gasteiger charge is -2.31. The second-order valence-corrected chi connectivity index (χ2v) is 5.63. The average molecular weight is 331 g/mol. The van der Waals surface area contributed by atoms with Crippen LogP contribution in [0.3, 0.4) is 0 Å². The highest BCUT2D eigenvalue weighted by atomic mass is 35.5. The van der Waals surface area contributed by atoms with Crippen LogP contribution < -0.4 is 15.0 Å². The molecule has 6 heteroatoms. The zero-order valence-corrected chi connectivity index (χ0v) is 13.2. The lowest BCUT2D eigenvalue weighted by Crippen LogP contribution is -2.49. The van der Waals surface area contributed by atoms with Gasteiger partial charge in [-0.05, 0) is 30.3 Å². The predicted molar refractivity (Wildman–Crippen MR) is 88.1 cm³/mol. The number of carbonyl (C=O) groups is 2. The number of nitrogens with one attached hydrogen (secondary N) is 1. The van der Waals surface area contributed by atoms with Gasteiger partial charge in [0.15, 0.2) is 6.10 Å². The summed E-state index contributed by atoms with van der Waals surface area (Å²) in [6.45, 7) is 0.0862. The van der Waals surface area contributed by atoms with Crippen molar-refractivity contribution in [2.24, 2.45) is 0 Å². The molecule has 0 radical (unpaired) electrons. The molecular weight excluding hydrogens is 316 g/mol. The maximum Gasteiger partial charge on any atom is 0.269 e. The van der Waals surface area contributed by atoms with Gasteiger partial charge in [-0.1, -0.05) is 29.8 Å². The summed E-state index contributed by atoms with van der Waals surface area (Å²) < 4.78 is 5.69. The Balaban J connectivity index is 1.69. The van der Waals surface area contributed by atoms with E-state index in [0.717, 1.165) is 5.69 Å². The van der Waals surface area contributed by atoms with E-state index in [-0.39, 0.29) is 18.4 Å². The molecule has 2 aromatic carbocycles. The van der Waals surface area contributed by atoms with Crippen molar-refractivity contribution in [2.75, 3.05) is 18.5 Å². The third kappa shape index (κ3) is 3.14. The molecule has 1 N–H and O–H groups in total. The van der Waals surface area contributed by atoms with Crippen LogP contribution >= 0.6 is 11.6 Å². The van der Waals surface area contributed by atoms with Gasteiger partial charge in [0.2, 0.25) is 0 Å². The summed E-state index contributed by atoms with van der Waals surface area (Å²) in [7, 11) is 1.69. The van der Waals surface area contributed by atoms with Crippen LogP contribution in [-0.4, -0.2) is 31.5 Å². The van der Waals surface area contributed by atoms with Gasteiger partial charge < -0.3 is 15.0 Å². The Labute approximate surface area is 138 Å². The zero-order chi connectivity index (χ0) is 16.4. The standard InChI is InChI=1S/C17H15ClN2O3/c1-20-13-7-2-3-8-14(13)23-15(17(20)22)10-19-16(21)11-5-4-6-12(18)9-11/h2-9,15H,10H2,1H3,(H,19,21). The monoisotopic (exact) mass is 330 g/mol. The molecule has 118 valence electrons. The van der Waals surface area contributed by atoms with Crippen molar-refractivity contribution in [3.63, 3.8) is 0 Å². The smallest absolute Gasteiger partial charge is 0.269 e. The Morgan fingerprint density at radius 3 is 2.83 bits per heavy atom. The Morgan fingerprint density at radius 2 is 2.04 bits per heavy atom. The third-order valence-electron chi connectivity index (χ3n) is 3.64. The van der Waals surface area contributed by atoms with Gasteiger partial charge in [0.1, 0.15) is 5.75 Å². The zero-order valence-electron chi connectivity index (χ0n) is 12.5. The number of hydrogen-bond donors (Lipinski definition) is 1. The van der Waals surface area contributed by atoms with Crippen molar-refractivity contribution in [3.8, 4) is 5.75 Å². The van der Waals surface area contributed by atoms with Gasteiger partial charge in [-0.2, -0.15) is 0 Å². The first-order chi connectivity index (χ1) is 11.1. The molecule has 0 bridgehead atoms. The van der Waals surface area contributed by atoms with Gasteiger partial charge in [0, 0.05) is 17.6 Å². The first-order valence-electron chi connectivity index (χ1n) is 7.13. The number of likely N-dealkylation sites (N-methyl/N-ethyl adjacent to an activating group) is 1. The summed E-state index contributed by atoms with van der Waals surface area (Å²) in [5.74, 6) is 0.122. The number of rotatable bonds is 3. The maximum atomic E-state index is 12.3. The van der Waals surface area contributed by atoms with E-state index in [2.05, 4.69) is 5.32 Å². The van der Waals surface area contributed by atoms with Gasteiger partial charge in [-0.3, -0.25) is 9.59 Å². The van der Waals surface area contributed by atoms with Gasteiger partial charge in [-0.15, -0.1) is 0 Å². The van der Waals surface area contributed by atoms with E-state index >= 15 is 0 Å². The van der Waals surface area contributed by atoms with Crippen LogP contribution in [0, 0.1) is 0 Å². The van der Waals surface area contributed by atoms with Gasteiger partial charge in [0.05, 0.1) is 12.2 Å². The largest absolute Gasteiger partial charge is 0.477 e. The second-order valence-electron chi connectivity index (χ2n) is 5.19. The predicted octanol–water partition coefficient (Wildman–Crippen LogP) is 2.49. The van der Waals surface area contributed by atoms with Gasteiger partial charge in [0.25, 0.3) is 11.8 Å². The normalized spacial score (nSPS) is 16.5. The number of nitrogens with zero attached hydrogens (tertiary/aromatic N) is 1. The topological polar surface area (TPSA) is 58.6 Å². The molecule has 0 saturated heterocycles. The van der Waals surface area contributed by atoms with Crippen molar-refractivity contribution >= 4 is 29.1 Å². The number of para-hydroxylation sites is 2. The van der Waals surface area contributed by atoms with E-state index in [1.807, 2.05) is 18.2 Å². The average Bonchev–Trinajstić information content (AvgIpc) is 2.56. The molecule has 1 unspecified atom stereocenters. The first-order valence-corrected chi connectivity index (χ1v) is 7.51. The van der Waals surface area contributed by atoms with Crippen LogP contribution in [0.25, 0.3) is 0 Å². The molecule has 0 spiro atoms. The Morgan fingerprint density at radius 1 is 1.26 bits per heavy atom. The third-order valence-corrected chi connectivity index (χ3v) is 3.87. The Bertz CT molecular complexity index is 763. The first kappa shape index (κ1) is 15.4. The lowest BCUT2D eigenvalue weighted by atomic mass is 10.1. The van der Waals surface area contributed by atoms with E-state index in [4.69, 9.17) is 16.3 Å². The number of amides is 2. The molecule has 2 amide bonds. The van der Waals surface area contributed by atoms with E-state index in [0.29, 0.717) is 16.3 Å². The second kappa shape index (κ2) is 6.30. The van der Waals surface area contributed by atoms with Gasteiger partial charge in [-0.25, -0.2) is 0 Å². The van der Waals surface area contributed by atoms with Crippen LogP contribution in [0.2, 0.25) is 5.02 Å². The highest BCUT2D eigenvalue weighted by Gasteiger charge is 2.32. The Kier molecular flexibility index (Phi) is 4.21. The van der Waals surface area contributed by atoms with E-state index < -0.39 is 6.10 Å². The molecule has 1 aliphatic heterocycles. The fourth-order valence-electron chi connectivity index (χ4n) is 2.42. The van der Waals surface area contributed by atoms with E-state index in [9.17, 15) is 9.59 Å². The number of benzene rings is 2. The molecule has 2 aromatic rings. The van der Waals surface area contributed by atoms with Crippen LogP contribution in [0.5, 0.6) is 5.75 Å². The van der Waals surface area contributed by atoms with Crippen LogP contribution in [0.15, 0.2) is 48.5 Å².